The van der Waals surface area contributed by atoms with Gasteiger partial charge in [0.1, 0.15) is 11.6 Å². The molecular weight excluding hydrogens is 284 g/mol. The minimum Gasteiger partial charge on any atom is -0.389 e. The van der Waals surface area contributed by atoms with Crippen molar-refractivity contribution >= 4 is 28.8 Å². The van der Waals surface area contributed by atoms with E-state index in [-0.39, 0.29) is 18.6 Å². The van der Waals surface area contributed by atoms with Crippen LogP contribution in [0.4, 0.5) is 5.69 Å². The molecule has 5 heteroatoms. The molecule has 1 fully saturated rings. The number of hydrogen-bond donors (Lipinski definition) is 2. The van der Waals surface area contributed by atoms with Crippen LogP contribution in [-0.4, -0.2) is 23.6 Å². The predicted octanol–water partition coefficient (Wildman–Crippen LogP) is 3.00. The summed E-state index contributed by atoms with van der Waals surface area (Å²) in [4.78, 5) is 12.2. The van der Waals surface area contributed by atoms with Gasteiger partial charge in [-0.25, -0.2) is 0 Å². The fourth-order valence-corrected chi connectivity index (χ4v) is 2.68. The molecule has 0 radical (unpaired) electrons. The first kappa shape index (κ1) is 15.9. The average Bonchev–Trinajstić information content (AvgIpc) is 2.74. The van der Waals surface area contributed by atoms with Crippen LogP contribution in [0.25, 0.3) is 0 Å². The van der Waals surface area contributed by atoms with E-state index in [2.05, 4.69) is 5.32 Å². The highest BCUT2D eigenvalue weighted by atomic mass is 32.1. The van der Waals surface area contributed by atoms with E-state index in [1.807, 2.05) is 18.2 Å². The number of benzene rings is 1. The first-order valence-electron chi connectivity index (χ1n) is 7.46. The van der Waals surface area contributed by atoms with Crippen molar-refractivity contribution < 1.29 is 9.53 Å². The third-order valence-corrected chi connectivity index (χ3v) is 3.92. The van der Waals surface area contributed by atoms with E-state index >= 15 is 0 Å². The molecule has 1 aromatic rings. The van der Waals surface area contributed by atoms with Crippen LogP contribution in [0.5, 0.6) is 0 Å². The zero-order chi connectivity index (χ0) is 15.1. The highest BCUT2D eigenvalue weighted by Gasteiger charge is 2.14. The second-order valence-corrected chi connectivity index (χ2v) is 5.86. The standard InChI is InChI=1S/C16H22N2O2S/c17-16(21)12-6-5-7-13(10-12)18-15(19)11-20-14-8-3-1-2-4-9-14/h5-7,10,14H,1-4,8-9,11H2,(H2,17,21)(H,18,19). The van der Waals surface area contributed by atoms with Gasteiger partial charge in [-0.3, -0.25) is 4.79 Å². The van der Waals surface area contributed by atoms with Crippen LogP contribution in [0.2, 0.25) is 0 Å². The van der Waals surface area contributed by atoms with Crippen LogP contribution in [0.15, 0.2) is 24.3 Å². The van der Waals surface area contributed by atoms with Crippen molar-refractivity contribution in [2.24, 2.45) is 5.73 Å². The summed E-state index contributed by atoms with van der Waals surface area (Å²) in [7, 11) is 0. The van der Waals surface area contributed by atoms with Crippen LogP contribution >= 0.6 is 12.2 Å². The topological polar surface area (TPSA) is 64.3 Å². The van der Waals surface area contributed by atoms with Crippen molar-refractivity contribution in [2.45, 2.75) is 44.6 Å². The van der Waals surface area contributed by atoms with E-state index < -0.39 is 0 Å². The van der Waals surface area contributed by atoms with Crippen LogP contribution in [0, 0.1) is 0 Å². The Morgan fingerprint density at radius 3 is 2.67 bits per heavy atom. The van der Waals surface area contributed by atoms with Crippen LogP contribution in [0.1, 0.15) is 44.1 Å². The quantitative estimate of drug-likeness (QED) is 0.648. The lowest BCUT2D eigenvalue weighted by molar-refractivity contribution is -0.122. The van der Waals surface area contributed by atoms with E-state index in [0.717, 1.165) is 18.4 Å². The van der Waals surface area contributed by atoms with Gasteiger partial charge in [0, 0.05) is 11.3 Å². The molecule has 0 aliphatic heterocycles. The lowest BCUT2D eigenvalue weighted by Gasteiger charge is -2.15. The maximum Gasteiger partial charge on any atom is 0.250 e. The Morgan fingerprint density at radius 2 is 2.00 bits per heavy atom. The zero-order valence-corrected chi connectivity index (χ0v) is 13.0. The van der Waals surface area contributed by atoms with Crippen molar-refractivity contribution in [1.82, 2.24) is 0 Å². The van der Waals surface area contributed by atoms with E-state index in [4.69, 9.17) is 22.7 Å². The second kappa shape index (κ2) is 8.10. The van der Waals surface area contributed by atoms with Crippen molar-refractivity contribution in [2.75, 3.05) is 11.9 Å². The molecule has 1 aliphatic carbocycles. The van der Waals surface area contributed by atoms with Gasteiger partial charge in [0.05, 0.1) is 6.10 Å². The van der Waals surface area contributed by atoms with Crippen LogP contribution < -0.4 is 11.1 Å². The SMILES string of the molecule is NC(=S)c1cccc(NC(=O)COC2CCCCCC2)c1. The Hall–Kier alpha value is -1.46. The molecule has 114 valence electrons. The van der Waals surface area contributed by atoms with Gasteiger partial charge in [-0.2, -0.15) is 0 Å². The Balaban J connectivity index is 1.81. The first-order valence-corrected chi connectivity index (χ1v) is 7.87. The Bertz CT molecular complexity index is 497. The molecule has 0 saturated heterocycles. The zero-order valence-electron chi connectivity index (χ0n) is 12.1. The van der Waals surface area contributed by atoms with Gasteiger partial charge in [0.15, 0.2) is 0 Å². The predicted molar refractivity (Wildman–Crippen MR) is 88.4 cm³/mol. The number of hydrogen-bond acceptors (Lipinski definition) is 3. The van der Waals surface area contributed by atoms with E-state index in [9.17, 15) is 4.79 Å². The van der Waals surface area contributed by atoms with E-state index in [0.29, 0.717) is 10.7 Å². The van der Waals surface area contributed by atoms with Gasteiger partial charge >= 0.3 is 0 Å². The highest BCUT2D eigenvalue weighted by molar-refractivity contribution is 7.80. The minimum absolute atomic E-state index is 0.0992. The number of rotatable bonds is 5. The van der Waals surface area contributed by atoms with Gasteiger partial charge < -0.3 is 15.8 Å². The third kappa shape index (κ3) is 5.44. The first-order chi connectivity index (χ1) is 10.1. The molecule has 4 nitrogen and oxygen atoms in total. The Labute approximate surface area is 131 Å². The molecular formula is C16H22N2O2S. The molecule has 1 saturated carbocycles. The summed E-state index contributed by atoms with van der Waals surface area (Å²) >= 11 is 4.93. The van der Waals surface area contributed by atoms with Crippen LogP contribution in [0.3, 0.4) is 0 Å². The van der Waals surface area contributed by atoms with E-state index in [1.165, 1.54) is 25.7 Å². The summed E-state index contributed by atoms with van der Waals surface area (Å²) in [5.41, 5.74) is 7.01. The van der Waals surface area contributed by atoms with Gasteiger partial charge in [-0.05, 0) is 25.0 Å². The number of nitrogens with one attached hydrogen (secondary N) is 1. The lowest BCUT2D eigenvalue weighted by Crippen LogP contribution is -2.23. The molecule has 0 bridgehead atoms. The number of anilines is 1. The Kier molecular flexibility index (Phi) is 6.14. The summed E-state index contributed by atoms with van der Waals surface area (Å²) in [6.07, 6.45) is 7.29. The maximum atomic E-state index is 11.9. The number of carbonyl (C=O) groups is 1. The molecule has 3 N–H and O–H groups in total. The summed E-state index contributed by atoms with van der Waals surface area (Å²) in [5.74, 6) is -0.140. The molecule has 0 heterocycles. The van der Waals surface area contributed by atoms with Crippen molar-refractivity contribution in [1.29, 1.82) is 0 Å². The fourth-order valence-electron chi connectivity index (χ4n) is 2.55. The monoisotopic (exact) mass is 306 g/mol. The van der Waals surface area contributed by atoms with Crippen LogP contribution in [-0.2, 0) is 9.53 Å². The minimum atomic E-state index is -0.140. The lowest BCUT2D eigenvalue weighted by atomic mass is 10.1. The number of amides is 1. The van der Waals surface area contributed by atoms with Crippen molar-refractivity contribution in [3.63, 3.8) is 0 Å². The smallest absolute Gasteiger partial charge is 0.250 e. The molecule has 0 spiro atoms. The normalized spacial score (nSPS) is 16.2. The molecule has 1 aliphatic rings. The summed E-state index contributed by atoms with van der Waals surface area (Å²) in [6, 6.07) is 7.22. The van der Waals surface area contributed by atoms with Crippen molar-refractivity contribution in [3.05, 3.63) is 29.8 Å². The number of carbonyl (C=O) groups excluding carboxylic acids is 1. The number of nitrogens with two attached hydrogens (primary N) is 1. The molecule has 1 amide bonds. The summed E-state index contributed by atoms with van der Waals surface area (Å²) < 4.78 is 5.71. The largest absolute Gasteiger partial charge is 0.389 e. The fraction of sp³-hybridized carbons (Fsp3) is 0.500. The Morgan fingerprint density at radius 1 is 1.29 bits per heavy atom. The van der Waals surface area contributed by atoms with E-state index in [1.54, 1.807) is 6.07 Å². The third-order valence-electron chi connectivity index (χ3n) is 3.68. The average molecular weight is 306 g/mol. The van der Waals surface area contributed by atoms with Crippen molar-refractivity contribution in [3.8, 4) is 0 Å². The number of thiocarbonyl (C=S) groups is 1. The molecule has 0 aromatic heterocycles. The molecule has 2 rings (SSSR count). The molecule has 1 aromatic carbocycles. The summed E-state index contributed by atoms with van der Waals surface area (Å²) in [5, 5.41) is 2.81. The number of ether oxygens (including phenoxy) is 1. The van der Waals surface area contributed by atoms with Gasteiger partial charge in [-0.15, -0.1) is 0 Å². The summed E-state index contributed by atoms with van der Waals surface area (Å²) in [6.45, 7) is 0.0992. The molecule has 0 atom stereocenters. The van der Waals surface area contributed by atoms with Gasteiger partial charge in [-0.1, -0.05) is 50.0 Å². The molecule has 0 unspecified atom stereocenters. The molecule has 21 heavy (non-hydrogen) atoms. The highest BCUT2D eigenvalue weighted by Crippen LogP contribution is 2.19. The van der Waals surface area contributed by atoms with Gasteiger partial charge in [0.25, 0.3) is 0 Å². The maximum absolute atomic E-state index is 11.9. The second-order valence-electron chi connectivity index (χ2n) is 5.42. The van der Waals surface area contributed by atoms with Gasteiger partial charge in [0.2, 0.25) is 5.91 Å².